The van der Waals surface area contributed by atoms with Gasteiger partial charge in [-0.3, -0.25) is 0 Å². The highest BCUT2D eigenvalue weighted by atomic mass is 19.4. The topological polar surface area (TPSA) is 29.3 Å². The Hall–Kier alpha value is -1.75. The number of fused-ring (bicyclic) bond motifs is 1. The van der Waals surface area contributed by atoms with Crippen molar-refractivity contribution in [2.75, 3.05) is 18.0 Å². The maximum Gasteiger partial charge on any atom is 0.408 e. The number of halogens is 3. The highest BCUT2D eigenvalue weighted by Crippen LogP contribution is 2.34. The lowest BCUT2D eigenvalue weighted by Gasteiger charge is -2.34. The molecule has 0 aliphatic heterocycles. The first-order chi connectivity index (χ1) is 9.99. The minimum Gasteiger partial charge on any atom is -0.360 e. The lowest BCUT2D eigenvalue weighted by molar-refractivity contribution is -0.149. The van der Waals surface area contributed by atoms with Crippen LogP contribution in [0.15, 0.2) is 42.5 Å². The molecule has 0 saturated carbocycles. The van der Waals surface area contributed by atoms with Crippen LogP contribution in [0.25, 0.3) is 10.8 Å². The number of nitrogens with zero attached hydrogens (tertiary/aromatic N) is 1. The molecule has 0 heterocycles. The molecule has 0 radical (unpaired) electrons. The first-order valence-corrected chi connectivity index (χ1v) is 7.00. The number of alkyl halides is 3. The average Bonchev–Trinajstić information content (AvgIpc) is 2.46. The van der Waals surface area contributed by atoms with E-state index in [4.69, 9.17) is 5.73 Å². The highest BCUT2D eigenvalue weighted by Gasteiger charge is 2.42. The van der Waals surface area contributed by atoms with E-state index in [1.54, 1.807) is 19.1 Å². The van der Waals surface area contributed by atoms with Crippen molar-refractivity contribution in [2.45, 2.75) is 25.6 Å². The van der Waals surface area contributed by atoms with Crippen LogP contribution in [0.1, 0.15) is 13.3 Å². The molecule has 2 aromatic carbocycles. The lowest BCUT2D eigenvalue weighted by Crippen LogP contribution is -2.47. The van der Waals surface area contributed by atoms with Crippen LogP contribution in [0.3, 0.4) is 0 Å². The Kier molecular flexibility index (Phi) is 4.73. The number of benzene rings is 2. The molecule has 2 aromatic rings. The van der Waals surface area contributed by atoms with Gasteiger partial charge >= 0.3 is 6.18 Å². The third-order valence-corrected chi connectivity index (χ3v) is 3.61. The van der Waals surface area contributed by atoms with E-state index in [9.17, 15) is 13.2 Å². The summed E-state index contributed by atoms with van der Waals surface area (Å²) in [5, 5.41) is 1.76. The summed E-state index contributed by atoms with van der Waals surface area (Å²) in [5.74, 6) is 0. The van der Waals surface area contributed by atoms with Gasteiger partial charge in [-0.2, -0.15) is 13.2 Å². The van der Waals surface area contributed by atoms with Crippen LogP contribution < -0.4 is 10.6 Å². The zero-order valence-electron chi connectivity index (χ0n) is 11.9. The van der Waals surface area contributed by atoms with Crippen LogP contribution in [0.2, 0.25) is 0 Å². The molecule has 0 fully saturated rings. The summed E-state index contributed by atoms with van der Waals surface area (Å²) in [6, 6.07) is 11.3. The minimum atomic E-state index is -4.30. The van der Waals surface area contributed by atoms with Gasteiger partial charge in [0.25, 0.3) is 0 Å². The van der Waals surface area contributed by atoms with Crippen molar-refractivity contribution in [1.82, 2.24) is 0 Å². The molecule has 2 N–H and O–H groups in total. The van der Waals surface area contributed by atoms with Crippen LogP contribution in [0.5, 0.6) is 0 Å². The monoisotopic (exact) mass is 296 g/mol. The SMILES string of the molecule is CCN(c1cccc2ccccc12)C(CCN)C(F)(F)F. The van der Waals surface area contributed by atoms with E-state index >= 15 is 0 Å². The Bertz CT molecular complexity index is 590. The number of hydrogen-bond donors (Lipinski definition) is 1. The van der Waals surface area contributed by atoms with Crippen molar-refractivity contribution in [3.05, 3.63) is 42.5 Å². The summed E-state index contributed by atoms with van der Waals surface area (Å²) in [7, 11) is 0. The molecule has 1 unspecified atom stereocenters. The zero-order chi connectivity index (χ0) is 15.5. The van der Waals surface area contributed by atoms with Gasteiger partial charge in [0.05, 0.1) is 0 Å². The van der Waals surface area contributed by atoms with Crippen molar-refractivity contribution in [1.29, 1.82) is 0 Å². The van der Waals surface area contributed by atoms with Gasteiger partial charge in [0.2, 0.25) is 0 Å². The van der Waals surface area contributed by atoms with E-state index in [0.717, 1.165) is 10.8 Å². The van der Waals surface area contributed by atoms with E-state index in [-0.39, 0.29) is 19.5 Å². The standard InChI is InChI=1S/C16H19F3N2/c1-2-21(15(10-11-20)16(17,18)19)14-9-5-7-12-6-3-4-8-13(12)14/h3-9,15H,2,10-11,20H2,1H3. The van der Waals surface area contributed by atoms with Crippen LogP contribution in [-0.4, -0.2) is 25.3 Å². The molecule has 0 aliphatic rings. The van der Waals surface area contributed by atoms with Crippen LogP contribution >= 0.6 is 0 Å². The van der Waals surface area contributed by atoms with Gasteiger partial charge in [-0.25, -0.2) is 0 Å². The number of hydrogen-bond acceptors (Lipinski definition) is 2. The molecule has 5 heteroatoms. The smallest absolute Gasteiger partial charge is 0.360 e. The first-order valence-electron chi connectivity index (χ1n) is 7.00. The number of nitrogens with two attached hydrogens (primary N) is 1. The van der Waals surface area contributed by atoms with E-state index in [1.807, 2.05) is 30.3 Å². The predicted octanol–water partition coefficient (Wildman–Crippen LogP) is 3.95. The largest absolute Gasteiger partial charge is 0.408 e. The molecule has 1 atom stereocenters. The van der Waals surface area contributed by atoms with Gasteiger partial charge < -0.3 is 10.6 Å². The zero-order valence-corrected chi connectivity index (χ0v) is 11.9. The fourth-order valence-corrected chi connectivity index (χ4v) is 2.67. The first kappa shape index (κ1) is 15.6. The predicted molar refractivity (Wildman–Crippen MR) is 80.5 cm³/mol. The van der Waals surface area contributed by atoms with E-state index in [1.165, 1.54) is 4.90 Å². The second-order valence-electron chi connectivity index (χ2n) is 4.92. The van der Waals surface area contributed by atoms with Gasteiger partial charge in [-0.1, -0.05) is 36.4 Å². The lowest BCUT2D eigenvalue weighted by atomic mass is 10.0. The highest BCUT2D eigenvalue weighted by molar-refractivity contribution is 5.94. The third-order valence-electron chi connectivity index (χ3n) is 3.61. The fraction of sp³-hybridized carbons (Fsp3) is 0.375. The molecular formula is C16H19F3N2. The summed E-state index contributed by atoms with van der Waals surface area (Å²) in [4.78, 5) is 1.40. The Balaban J connectivity index is 2.52. The Morgan fingerprint density at radius 3 is 2.38 bits per heavy atom. The molecule has 2 nitrogen and oxygen atoms in total. The Morgan fingerprint density at radius 2 is 1.76 bits per heavy atom. The summed E-state index contributed by atoms with van der Waals surface area (Å²) in [6.45, 7) is 2.01. The summed E-state index contributed by atoms with van der Waals surface area (Å²) >= 11 is 0. The van der Waals surface area contributed by atoms with Gasteiger partial charge in [-0.05, 0) is 31.3 Å². The van der Waals surface area contributed by atoms with Crippen LogP contribution in [0, 0.1) is 0 Å². The van der Waals surface area contributed by atoms with Crippen LogP contribution in [-0.2, 0) is 0 Å². The molecule has 0 spiro atoms. The second-order valence-corrected chi connectivity index (χ2v) is 4.92. The summed E-state index contributed by atoms with van der Waals surface area (Å²) < 4.78 is 40.0. The maximum atomic E-state index is 13.3. The quantitative estimate of drug-likeness (QED) is 0.905. The van der Waals surface area contributed by atoms with Crippen molar-refractivity contribution in [2.24, 2.45) is 5.73 Å². The third kappa shape index (κ3) is 3.29. The molecule has 0 saturated heterocycles. The van der Waals surface area contributed by atoms with Gasteiger partial charge in [0, 0.05) is 17.6 Å². The summed E-state index contributed by atoms with van der Waals surface area (Å²) in [6.07, 6.45) is -4.41. The van der Waals surface area contributed by atoms with E-state index in [0.29, 0.717) is 5.69 Å². The van der Waals surface area contributed by atoms with Crippen LogP contribution in [0.4, 0.5) is 18.9 Å². The molecule has 114 valence electrons. The van der Waals surface area contributed by atoms with Gasteiger partial charge in [0.1, 0.15) is 6.04 Å². The van der Waals surface area contributed by atoms with Crippen molar-refractivity contribution in [3.8, 4) is 0 Å². The second kappa shape index (κ2) is 6.35. The molecule has 2 rings (SSSR count). The average molecular weight is 296 g/mol. The van der Waals surface area contributed by atoms with Gasteiger partial charge in [0.15, 0.2) is 0 Å². The molecule has 0 aromatic heterocycles. The van der Waals surface area contributed by atoms with E-state index in [2.05, 4.69) is 0 Å². The Labute approximate surface area is 122 Å². The van der Waals surface area contributed by atoms with E-state index < -0.39 is 12.2 Å². The number of anilines is 1. The molecule has 0 bridgehead atoms. The molecular weight excluding hydrogens is 277 g/mol. The van der Waals surface area contributed by atoms with Crippen molar-refractivity contribution in [3.63, 3.8) is 0 Å². The normalized spacial score (nSPS) is 13.4. The van der Waals surface area contributed by atoms with Crippen molar-refractivity contribution < 1.29 is 13.2 Å². The van der Waals surface area contributed by atoms with Crippen molar-refractivity contribution >= 4 is 16.5 Å². The summed E-state index contributed by atoms with van der Waals surface area (Å²) in [5.41, 5.74) is 5.99. The molecule has 0 aliphatic carbocycles. The Morgan fingerprint density at radius 1 is 1.10 bits per heavy atom. The minimum absolute atomic E-state index is 0.00540. The van der Waals surface area contributed by atoms with Gasteiger partial charge in [-0.15, -0.1) is 0 Å². The number of rotatable bonds is 5. The molecule has 21 heavy (non-hydrogen) atoms. The fourth-order valence-electron chi connectivity index (χ4n) is 2.67. The maximum absolute atomic E-state index is 13.3. The molecule has 0 amide bonds.